The van der Waals surface area contributed by atoms with Gasteiger partial charge >= 0.3 is 6.03 Å². The van der Waals surface area contributed by atoms with Crippen molar-refractivity contribution in [3.8, 4) is 0 Å². The number of nitrogens with one attached hydrogen (secondary N) is 4. The van der Waals surface area contributed by atoms with E-state index in [0.29, 0.717) is 12.5 Å². The van der Waals surface area contributed by atoms with Crippen LogP contribution in [0.5, 0.6) is 0 Å². The minimum Gasteiger partial charge on any atom is -0.345 e. The molecule has 4 N–H and O–H groups in total. The first kappa shape index (κ1) is 32.0. The first-order valence-corrected chi connectivity index (χ1v) is 12.7. The fourth-order valence-corrected chi connectivity index (χ4v) is 3.17. The van der Waals surface area contributed by atoms with Crippen LogP contribution in [-0.2, 0) is 20.9 Å². The molecule has 38 heavy (non-hydrogen) atoms. The molecule has 2 rings (SSSR count). The minimum absolute atomic E-state index is 0.147. The standard InChI is InChI=1S/C23H29N5O6.C4H10/c1-3-18(21(30)22(31)24-13-17-6-4-5-7-19(17)28(33)34)27-20(29)14-26-23(32)25-12-16-10-8-15(2)9-11-16;1-4(2)3/h4-8,10-11,15,18H,3,9,12-14H2,1-2H3,(H,24,31)(H,27,29)(H2,25,26,32);4H,1-3H3. The van der Waals surface area contributed by atoms with Gasteiger partial charge in [0, 0.05) is 24.7 Å². The second-order valence-corrected chi connectivity index (χ2v) is 9.58. The third-order valence-corrected chi connectivity index (χ3v) is 5.16. The van der Waals surface area contributed by atoms with Crippen molar-refractivity contribution in [3.63, 3.8) is 0 Å². The number of Topliss-reactive ketones (excluding diaryl/α,β-unsaturated/α-hetero) is 1. The minimum atomic E-state index is -1.09. The van der Waals surface area contributed by atoms with Crippen molar-refractivity contribution in [1.82, 2.24) is 21.3 Å². The molecule has 4 amide bonds. The fourth-order valence-electron chi connectivity index (χ4n) is 3.17. The summed E-state index contributed by atoms with van der Waals surface area (Å²) in [6.45, 7) is 9.95. The molecule has 11 nitrogen and oxygen atoms in total. The number of urea groups is 1. The van der Waals surface area contributed by atoms with E-state index in [2.05, 4.69) is 55.0 Å². The fraction of sp³-hybridized carbons (Fsp3) is 0.481. The maximum absolute atomic E-state index is 12.4. The van der Waals surface area contributed by atoms with Gasteiger partial charge in [0.05, 0.1) is 17.5 Å². The Morgan fingerprint density at radius 3 is 2.29 bits per heavy atom. The van der Waals surface area contributed by atoms with Gasteiger partial charge in [-0.15, -0.1) is 0 Å². The number of hydrogen-bond acceptors (Lipinski definition) is 6. The predicted molar refractivity (Wildman–Crippen MR) is 145 cm³/mol. The van der Waals surface area contributed by atoms with E-state index < -0.39 is 34.6 Å². The van der Waals surface area contributed by atoms with Crippen molar-refractivity contribution in [2.45, 2.75) is 60.0 Å². The highest BCUT2D eigenvalue weighted by atomic mass is 16.6. The quantitative estimate of drug-likeness (QED) is 0.196. The molecular formula is C27H39N5O6. The number of ketones is 1. The molecule has 0 aliphatic heterocycles. The molecule has 0 spiro atoms. The monoisotopic (exact) mass is 529 g/mol. The van der Waals surface area contributed by atoms with Gasteiger partial charge in [0.1, 0.15) is 0 Å². The number of nitrogens with zero attached hydrogens (tertiary/aromatic N) is 1. The van der Waals surface area contributed by atoms with Gasteiger partial charge in [-0.1, -0.05) is 71.0 Å². The molecule has 1 aliphatic carbocycles. The Morgan fingerprint density at radius 1 is 1.05 bits per heavy atom. The zero-order chi connectivity index (χ0) is 28.7. The lowest BCUT2D eigenvalue weighted by atomic mass is 9.99. The number of nitro groups is 1. The van der Waals surface area contributed by atoms with Gasteiger partial charge < -0.3 is 21.3 Å². The number of allylic oxidation sites excluding steroid dienone is 2. The second-order valence-electron chi connectivity index (χ2n) is 9.58. The molecule has 11 heteroatoms. The van der Waals surface area contributed by atoms with E-state index in [0.717, 1.165) is 17.9 Å². The van der Waals surface area contributed by atoms with Crippen molar-refractivity contribution < 1.29 is 24.1 Å². The molecule has 1 aromatic rings. The van der Waals surface area contributed by atoms with Gasteiger partial charge in [-0.05, 0) is 30.3 Å². The van der Waals surface area contributed by atoms with Crippen LogP contribution in [0.25, 0.3) is 0 Å². The summed E-state index contributed by atoms with van der Waals surface area (Å²) < 4.78 is 0. The normalized spacial score (nSPS) is 14.8. The van der Waals surface area contributed by atoms with Crippen LogP contribution in [0.1, 0.15) is 53.0 Å². The lowest BCUT2D eigenvalue weighted by molar-refractivity contribution is -0.385. The van der Waals surface area contributed by atoms with Crippen molar-refractivity contribution in [1.29, 1.82) is 0 Å². The lowest BCUT2D eigenvalue weighted by Gasteiger charge is -2.16. The lowest BCUT2D eigenvalue weighted by Crippen LogP contribution is -2.50. The highest BCUT2D eigenvalue weighted by molar-refractivity contribution is 6.38. The summed E-state index contributed by atoms with van der Waals surface area (Å²) >= 11 is 0. The van der Waals surface area contributed by atoms with Crippen LogP contribution in [0.2, 0.25) is 0 Å². The van der Waals surface area contributed by atoms with Crippen LogP contribution in [0.4, 0.5) is 10.5 Å². The molecule has 0 heterocycles. The zero-order valence-corrected chi connectivity index (χ0v) is 22.7. The Labute approximate surface area is 223 Å². The zero-order valence-electron chi connectivity index (χ0n) is 22.7. The number of carbonyl (C=O) groups excluding carboxylic acids is 4. The highest BCUT2D eigenvalue weighted by Gasteiger charge is 2.26. The van der Waals surface area contributed by atoms with E-state index in [-0.39, 0.29) is 30.8 Å². The van der Waals surface area contributed by atoms with Gasteiger partial charge in [-0.25, -0.2) is 4.79 Å². The number of rotatable bonds is 11. The van der Waals surface area contributed by atoms with Gasteiger partial charge in [-0.2, -0.15) is 0 Å². The van der Waals surface area contributed by atoms with Crippen LogP contribution in [0.3, 0.4) is 0 Å². The van der Waals surface area contributed by atoms with E-state index in [1.807, 2.05) is 12.2 Å². The number of para-hydroxylation sites is 1. The average molecular weight is 530 g/mol. The summed E-state index contributed by atoms with van der Waals surface area (Å²) in [6, 6.07) is 4.21. The van der Waals surface area contributed by atoms with E-state index in [4.69, 9.17) is 0 Å². The molecule has 0 saturated heterocycles. The van der Waals surface area contributed by atoms with Crippen molar-refractivity contribution in [3.05, 3.63) is 63.7 Å². The van der Waals surface area contributed by atoms with Gasteiger partial charge in [0.25, 0.3) is 11.6 Å². The first-order valence-electron chi connectivity index (χ1n) is 12.7. The molecule has 2 atom stereocenters. The highest BCUT2D eigenvalue weighted by Crippen LogP contribution is 2.17. The van der Waals surface area contributed by atoms with Crippen LogP contribution < -0.4 is 21.3 Å². The number of nitro benzene ring substituents is 1. The summed E-state index contributed by atoms with van der Waals surface area (Å²) in [5.74, 6) is -1.19. The largest absolute Gasteiger partial charge is 0.345 e. The van der Waals surface area contributed by atoms with E-state index in [1.54, 1.807) is 13.0 Å². The van der Waals surface area contributed by atoms with Crippen LogP contribution in [-0.4, -0.2) is 47.7 Å². The third-order valence-electron chi connectivity index (χ3n) is 5.16. The van der Waals surface area contributed by atoms with E-state index >= 15 is 0 Å². The van der Waals surface area contributed by atoms with Crippen molar-refractivity contribution >= 4 is 29.3 Å². The predicted octanol–water partition coefficient (Wildman–Crippen LogP) is 3.16. The molecule has 0 fully saturated rings. The molecule has 1 aliphatic rings. The van der Waals surface area contributed by atoms with Gasteiger partial charge in [-0.3, -0.25) is 24.5 Å². The van der Waals surface area contributed by atoms with Crippen LogP contribution >= 0.6 is 0 Å². The summed E-state index contributed by atoms with van der Waals surface area (Å²) in [5, 5.41) is 20.9. The molecule has 0 radical (unpaired) electrons. The summed E-state index contributed by atoms with van der Waals surface area (Å²) in [5.41, 5.74) is 1.04. The van der Waals surface area contributed by atoms with E-state index in [1.165, 1.54) is 18.2 Å². The number of hydrogen-bond donors (Lipinski definition) is 4. The Kier molecular flexibility index (Phi) is 14.0. The van der Waals surface area contributed by atoms with Gasteiger partial charge in [0.15, 0.2) is 0 Å². The smallest absolute Gasteiger partial charge is 0.315 e. The molecule has 0 bridgehead atoms. The number of carbonyl (C=O) groups is 4. The Hall–Kier alpha value is -4.02. The molecular weight excluding hydrogens is 490 g/mol. The van der Waals surface area contributed by atoms with Gasteiger partial charge in [0.2, 0.25) is 11.7 Å². The Bertz CT molecular complexity index is 1050. The average Bonchev–Trinajstić information content (AvgIpc) is 2.88. The molecule has 2 unspecified atom stereocenters. The Morgan fingerprint density at radius 2 is 1.71 bits per heavy atom. The molecule has 1 aromatic carbocycles. The van der Waals surface area contributed by atoms with Crippen LogP contribution in [0, 0.1) is 22.0 Å². The first-order chi connectivity index (χ1) is 17.9. The second kappa shape index (κ2) is 16.7. The number of benzene rings is 1. The third kappa shape index (κ3) is 12.3. The summed E-state index contributed by atoms with van der Waals surface area (Å²) in [7, 11) is 0. The topological polar surface area (TPSA) is 160 Å². The number of amides is 4. The van der Waals surface area contributed by atoms with Crippen LogP contribution in [0.15, 0.2) is 48.1 Å². The molecule has 0 aromatic heterocycles. The maximum Gasteiger partial charge on any atom is 0.315 e. The van der Waals surface area contributed by atoms with E-state index in [9.17, 15) is 29.3 Å². The SMILES string of the molecule is CC(C)C.CCC(NC(=O)CNC(=O)NCC1=CCC(C)C=C1)C(=O)C(=O)NCc1ccccc1[N+](=O)[O-]. The summed E-state index contributed by atoms with van der Waals surface area (Å²) in [6.07, 6.45) is 7.09. The Balaban J connectivity index is 0.00000168. The summed E-state index contributed by atoms with van der Waals surface area (Å²) in [4.78, 5) is 59.2. The molecule has 208 valence electrons. The molecule has 0 saturated carbocycles. The maximum atomic E-state index is 12.4. The van der Waals surface area contributed by atoms with Crippen molar-refractivity contribution in [2.24, 2.45) is 11.8 Å². The van der Waals surface area contributed by atoms with Crippen molar-refractivity contribution in [2.75, 3.05) is 13.1 Å².